The third kappa shape index (κ3) is 3.91. The van der Waals surface area contributed by atoms with E-state index in [-0.39, 0.29) is 6.04 Å². The minimum Gasteiger partial charge on any atom is -0.492 e. The molecule has 3 nitrogen and oxygen atoms in total. The number of nitrogens with one attached hydrogen (secondary N) is 1. The van der Waals surface area contributed by atoms with Crippen LogP contribution in [0.5, 0.6) is 5.75 Å². The van der Waals surface area contributed by atoms with Gasteiger partial charge in [-0.05, 0) is 59.1 Å². The largest absolute Gasteiger partial charge is 0.492 e. The number of ether oxygens (including phenoxy) is 1. The van der Waals surface area contributed by atoms with Gasteiger partial charge in [0.15, 0.2) is 0 Å². The molecule has 0 aromatic heterocycles. The van der Waals surface area contributed by atoms with Crippen molar-refractivity contribution in [2.24, 2.45) is 0 Å². The van der Waals surface area contributed by atoms with Gasteiger partial charge < -0.3 is 15.0 Å². The number of fused-ring (bicyclic) bond motifs is 2. The van der Waals surface area contributed by atoms with Crippen molar-refractivity contribution in [3.8, 4) is 5.75 Å². The van der Waals surface area contributed by atoms with Gasteiger partial charge in [-0.25, -0.2) is 0 Å². The Morgan fingerprint density at radius 1 is 0.964 bits per heavy atom. The van der Waals surface area contributed by atoms with E-state index < -0.39 is 0 Å². The quantitative estimate of drug-likeness (QED) is 0.643. The molecular formula is C25H30N2O. The molecule has 0 radical (unpaired) electrons. The molecule has 0 saturated heterocycles. The molecule has 3 heteroatoms. The average molecular weight is 375 g/mol. The zero-order chi connectivity index (χ0) is 19.3. The predicted octanol–water partition coefficient (Wildman–Crippen LogP) is 4.80. The van der Waals surface area contributed by atoms with Gasteiger partial charge in [0.1, 0.15) is 12.4 Å². The summed E-state index contributed by atoms with van der Waals surface area (Å²) in [5, 5.41) is 6.35. The first-order chi connectivity index (χ1) is 13.8. The minimum absolute atomic E-state index is 0.236. The van der Waals surface area contributed by atoms with E-state index in [1.54, 1.807) is 0 Å². The van der Waals surface area contributed by atoms with Crippen LogP contribution >= 0.6 is 0 Å². The molecule has 0 bridgehead atoms. The Morgan fingerprint density at radius 2 is 1.79 bits per heavy atom. The topological polar surface area (TPSA) is 24.5 Å². The molecular weight excluding hydrogens is 344 g/mol. The van der Waals surface area contributed by atoms with Crippen LogP contribution < -0.4 is 10.1 Å². The Balaban J connectivity index is 1.57. The fraction of sp³-hybridized carbons (Fsp3) is 0.360. The van der Waals surface area contributed by atoms with Gasteiger partial charge in [0.25, 0.3) is 0 Å². The van der Waals surface area contributed by atoms with E-state index >= 15 is 0 Å². The van der Waals surface area contributed by atoms with E-state index in [0.717, 1.165) is 45.0 Å². The molecule has 4 rings (SSSR count). The van der Waals surface area contributed by atoms with Crippen molar-refractivity contribution >= 4 is 10.8 Å². The van der Waals surface area contributed by atoms with Gasteiger partial charge in [-0.2, -0.15) is 0 Å². The molecule has 0 aliphatic carbocycles. The second-order valence-electron chi connectivity index (χ2n) is 7.44. The predicted molar refractivity (Wildman–Crippen MR) is 117 cm³/mol. The Bertz CT molecular complexity index is 927. The lowest BCUT2D eigenvalue weighted by Gasteiger charge is -2.29. The summed E-state index contributed by atoms with van der Waals surface area (Å²) in [6.45, 7) is 9.25. The molecule has 0 amide bonds. The van der Waals surface area contributed by atoms with Crippen molar-refractivity contribution in [2.75, 3.05) is 32.8 Å². The maximum Gasteiger partial charge on any atom is 0.119 e. The SMILES string of the molecule is CCN(CC)CCOc1ccc2c(c1)CCNC2c1cccc2ccccc12. The second-order valence-corrected chi connectivity index (χ2v) is 7.44. The first kappa shape index (κ1) is 19.0. The van der Waals surface area contributed by atoms with Crippen LogP contribution in [0.2, 0.25) is 0 Å². The van der Waals surface area contributed by atoms with Crippen LogP contribution in [0, 0.1) is 0 Å². The van der Waals surface area contributed by atoms with Crippen molar-refractivity contribution in [3.63, 3.8) is 0 Å². The number of hydrogen-bond donors (Lipinski definition) is 1. The molecule has 28 heavy (non-hydrogen) atoms. The monoisotopic (exact) mass is 374 g/mol. The van der Waals surface area contributed by atoms with Gasteiger partial charge in [0.05, 0.1) is 6.04 Å². The minimum atomic E-state index is 0.236. The van der Waals surface area contributed by atoms with E-state index in [0.29, 0.717) is 0 Å². The zero-order valence-corrected chi connectivity index (χ0v) is 16.9. The lowest BCUT2D eigenvalue weighted by Crippen LogP contribution is -2.31. The first-order valence-corrected chi connectivity index (χ1v) is 10.5. The van der Waals surface area contributed by atoms with Crippen LogP contribution in [0.3, 0.4) is 0 Å². The molecule has 1 unspecified atom stereocenters. The van der Waals surface area contributed by atoms with Crippen LogP contribution in [0.1, 0.15) is 36.6 Å². The summed E-state index contributed by atoms with van der Waals surface area (Å²) in [6.07, 6.45) is 1.05. The van der Waals surface area contributed by atoms with E-state index in [9.17, 15) is 0 Å². The fourth-order valence-corrected chi connectivity index (χ4v) is 4.24. The highest BCUT2D eigenvalue weighted by atomic mass is 16.5. The summed E-state index contributed by atoms with van der Waals surface area (Å²) in [5.41, 5.74) is 4.13. The fourth-order valence-electron chi connectivity index (χ4n) is 4.24. The molecule has 146 valence electrons. The molecule has 3 aromatic carbocycles. The maximum atomic E-state index is 6.06. The Kier molecular flexibility index (Phi) is 5.94. The van der Waals surface area contributed by atoms with Crippen molar-refractivity contribution in [1.82, 2.24) is 10.2 Å². The number of likely N-dealkylation sites (N-methyl/N-ethyl adjacent to an activating group) is 1. The van der Waals surface area contributed by atoms with Gasteiger partial charge in [-0.15, -0.1) is 0 Å². The van der Waals surface area contributed by atoms with E-state index in [4.69, 9.17) is 4.74 Å². The third-order valence-corrected chi connectivity index (χ3v) is 5.87. The number of hydrogen-bond acceptors (Lipinski definition) is 3. The molecule has 0 spiro atoms. The Morgan fingerprint density at radius 3 is 2.64 bits per heavy atom. The van der Waals surface area contributed by atoms with Crippen LogP contribution in [0.25, 0.3) is 10.8 Å². The van der Waals surface area contributed by atoms with E-state index in [1.807, 2.05) is 0 Å². The molecule has 1 aliphatic rings. The standard InChI is InChI=1S/C25H30N2O/c1-3-27(4-2)16-17-28-21-12-13-23-20(18-21)14-15-26-25(23)24-11-7-9-19-8-5-6-10-22(19)24/h5-13,18,25-26H,3-4,14-17H2,1-2H3. The summed E-state index contributed by atoms with van der Waals surface area (Å²) >= 11 is 0. The zero-order valence-electron chi connectivity index (χ0n) is 16.9. The van der Waals surface area contributed by atoms with Gasteiger partial charge in [0.2, 0.25) is 0 Å². The highest BCUT2D eigenvalue weighted by Gasteiger charge is 2.23. The molecule has 1 atom stereocenters. The molecule has 1 heterocycles. The Labute approximate surface area is 168 Å². The number of benzene rings is 3. The summed E-state index contributed by atoms with van der Waals surface area (Å²) < 4.78 is 6.06. The summed E-state index contributed by atoms with van der Waals surface area (Å²) in [7, 11) is 0. The second kappa shape index (κ2) is 8.76. The lowest BCUT2D eigenvalue weighted by atomic mass is 9.87. The van der Waals surface area contributed by atoms with Crippen molar-refractivity contribution in [3.05, 3.63) is 77.4 Å². The van der Waals surface area contributed by atoms with Crippen molar-refractivity contribution < 1.29 is 4.74 Å². The van der Waals surface area contributed by atoms with Crippen molar-refractivity contribution in [1.29, 1.82) is 0 Å². The number of nitrogens with zero attached hydrogens (tertiary/aromatic N) is 1. The highest BCUT2D eigenvalue weighted by molar-refractivity contribution is 5.86. The van der Waals surface area contributed by atoms with Gasteiger partial charge in [0, 0.05) is 13.1 Å². The molecule has 0 fully saturated rings. The summed E-state index contributed by atoms with van der Waals surface area (Å²) in [5.74, 6) is 0.990. The number of rotatable bonds is 7. The summed E-state index contributed by atoms with van der Waals surface area (Å²) in [6, 6.07) is 22.1. The molecule has 0 saturated carbocycles. The normalized spacial score (nSPS) is 16.3. The molecule has 1 aliphatic heterocycles. The molecule has 3 aromatic rings. The highest BCUT2D eigenvalue weighted by Crippen LogP contribution is 2.34. The van der Waals surface area contributed by atoms with Crippen LogP contribution in [-0.2, 0) is 6.42 Å². The van der Waals surface area contributed by atoms with Crippen LogP contribution in [-0.4, -0.2) is 37.7 Å². The van der Waals surface area contributed by atoms with Gasteiger partial charge in [-0.1, -0.05) is 62.4 Å². The van der Waals surface area contributed by atoms with Crippen LogP contribution in [0.15, 0.2) is 60.7 Å². The maximum absolute atomic E-state index is 6.06. The lowest BCUT2D eigenvalue weighted by molar-refractivity contribution is 0.222. The van der Waals surface area contributed by atoms with Gasteiger partial charge >= 0.3 is 0 Å². The van der Waals surface area contributed by atoms with E-state index in [1.165, 1.54) is 27.5 Å². The third-order valence-electron chi connectivity index (χ3n) is 5.87. The van der Waals surface area contributed by atoms with E-state index in [2.05, 4.69) is 84.7 Å². The first-order valence-electron chi connectivity index (χ1n) is 10.5. The smallest absolute Gasteiger partial charge is 0.119 e. The molecule has 1 N–H and O–H groups in total. The van der Waals surface area contributed by atoms with Crippen molar-refractivity contribution in [2.45, 2.75) is 26.3 Å². The Hall–Kier alpha value is -2.36. The summed E-state index contributed by atoms with van der Waals surface area (Å²) in [4.78, 5) is 2.39. The van der Waals surface area contributed by atoms with Gasteiger partial charge in [-0.3, -0.25) is 0 Å². The van der Waals surface area contributed by atoms with Crippen LogP contribution in [0.4, 0.5) is 0 Å². The average Bonchev–Trinajstić information content (AvgIpc) is 2.76.